The molecule has 1 aliphatic rings. The Morgan fingerprint density at radius 2 is 2.17 bits per heavy atom. The summed E-state index contributed by atoms with van der Waals surface area (Å²) in [4.78, 5) is 2.41. The maximum atomic E-state index is 9.09. The van der Waals surface area contributed by atoms with E-state index in [-0.39, 0.29) is 6.61 Å². The highest BCUT2D eigenvalue weighted by Gasteiger charge is 2.25. The first-order valence-electron chi connectivity index (χ1n) is 4.42. The van der Waals surface area contributed by atoms with Crippen LogP contribution in [0, 0.1) is 0 Å². The first-order chi connectivity index (χ1) is 5.65. The third-order valence-corrected chi connectivity index (χ3v) is 3.65. The largest absolute Gasteiger partial charge is 0.395 e. The SMILES string of the molecule is CC(C)N1CCN(I)[C@H](CO)C1. The van der Waals surface area contributed by atoms with Crippen LogP contribution in [-0.4, -0.2) is 51.4 Å². The van der Waals surface area contributed by atoms with Crippen molar-refractivity contribution < 1.29 is 5.11 Å². The third kappa shape index (κ3) is 2.55. The fourth-order valence-corrected chi connectivity index (χ4v) is 2.04. The maximum Gasteiger partial charge on any atom is 0.0607 e. The Morgan fingerprint density at radius 1 is 1.50 bits per heavy atom. The van der Waals surface area contributed by atoms with Crippen LogP contribution in [0.3, 0.4) is 0 Å². The molecule has 1 rings (SSSR count). The lowest BCUT2D eigenvalue weighted by molar-refractivity contribution is 0.0886. The summed E-state index contributed by atoms with van der Waals surface area (Å²) in [6.45, 7) is 7.86. The van der Waals surface area contributed by atoms with Crippen LogP contribution >= 0.6 is 22.9 Å². The number of piperazine rings is 1. The second-order valence-electron chi connectivity index (χ2n) is 3.55. The number of halogens is 1. The van der Waals surface area contributed by atoms with Crippen LogP contribution in [-0.2, 0) is 0 Å². The molecule has 0 spiro atoms. The normalized spacial score (nSPS) is 28.2. The number of hydrogen-bond donors (Lipinski definition) is 1. The van der Waals surface area contributed by atoms with Gasteiger partial charge in [-0.2, -0.15) is 0 Å². The van der Waals surface area contributed by atoms with Gasteiger partial charge in [-0.05, 0) is 13.8 Å². The number of aliphatic hydroxyl groups excluding tert-OH is 1. The van der Waals surface area contributed by atoms with Crippen molar-refractivity contribution >= 4 is 22.9 Å². The number of nitrogens with zero attached hydrogens (tertiary/aromatic N) is 2. The molecule has 0 saturated carbocycles. The lowest BCUT2D eigenvalue weighted by Gasteiger charge is -2.39. The van der Waals surface area contributed by atoms with E-state index in [0.717, 1.165) is 19.6 Å². The summed E-state index contributed by atoms with van der Waals surface area (Å²) >= 11 is 2.30. The van der Waals surface area contributed by atoms with Crippen LogP contribution in [0.1, 0.15) is 13.8 Å². The van der Waals surface area contributed by atoms with Crippen molar-refractivity contribution in [1.82, 2.24) is 8.01 Å². The summed E-state index contributed by atoms with van der Waals surface area (Å²) in [6, 6.07) is 0.922. The molecule has 0 bridgehead atoms. The average Bonchev–Trinajstić information content (AvgIpc) is 2.05. The standard InChI is InChI=1S/C8H17IN2O/c1-7(2)10-3-4-11(9)8(5-10)6-12/h7-8,12H,3-6H2,1-2H3/t8-/m0/s1. The molecule has 1 aliphatic heterocycles. The van der Waals surface area contributed by atoms with Gasteiger partial charge in [0.25, 0.3) is 0 Å². The minimum Gasteiger partial charge on any atom is -0.395 e. The fourth-order valence-electron chi connectivity index (χ4n) is 1.47. The zero-order valence-corrected chi connectivity index (χ0v) is 9.86. The quantitative estimate of drug-likeness (QED) is 0.598. The molecule has 1 N–H and O–H groups in total. The van der Waals surface area contributed by atoms with E-state index in [1.807, 2.05) is 0 Å². The van der Waals surface area contributed by atoms with E-state index in [1.165, 1.54) is 0 Å². The van der Waals surface area contributed by atoms with Crippen LogP contribution in [0.5, 0.6) is 0 Å². The molecule has 4 heteroatoms. The fraction of sp³-hybridized carbons (Fsp3) is 1.00. The molecule has 0 radical (unpaired) electrons. The summed E-state index contributed by atoms with van der Waals surface area (Å²) < 4.78 is 2.20. The predicted molar refractivity (Wildman–Crippen MR) is 58.3 cm³/mol. The molecule has 0 aromatic carbocycles. The molecule has 0 aromatic heterocycles. The van der Waals surface area contributed by atoms with Crippen molar-refractivity contribution in [1.29, 1.82) is 0 Å². The van der Waals surface area contributed by atoms with Crippen molar-refractivity contribution in [3.05, 3.63) is 0 Å². The van der Waals surface area contributed by atoms with Gasteiger partial charge in [0, 0.05) is 48.5 Å². The molecule has 3 nitrogen and oxygen atoms in total. The van der Waals surface area contributed by atoms with Crippen molar-refractivity contribution in [2.75, 3.05) is 26.2 Å². The summed E-state index contributed by atoms with van der Waals surface area (Å²) in [6.07, 6.45) is 0. The van der Waals surface area contributed by atoms with E-state index in [2.05, 4.69) is 44.7 Å². The Morgan fingerprint density at radius 3 is 2.67 bits per heavy atom. The molecule has 1 atom stereocenters. The van der Waals surface area contributed by atoms with Crippen molar-refractivity contribution in [2.24, 2.45) is 0 Å². The molecule has 0 unspecified atom stereocenters. The molecule has 12 heavy (non-hydrogen) atoms. The molecule has 1 fully saturated rings. The molecule has 1 heterocycles. The first-order valence-corrected chi connectivity index (χ1v) is 5.39. The van der Waals surface area contributed by atoms with Gasteiger partial charge in [0.1, 0.15) is 0 Å². The van der Waals surface area contributed by atoms with E-state index in [0.29, 0.717) is 12.1 Å². The van der Waals surface area contributed by atoms with Crippen molar-refractivity contribution in [3.63, 3.8) is 0 Å². The second-order valence-corrected chi connectivity index (χ2v) is 4.79. The van der Waals surface area contributed by atoms with Gasteiger partial charge in [0.05, 0.1) is 12.6 Å². The highest BCUT2D eigenvalue weighted by atomic mass is 127. The van der Waals surface area contributed by atoms with Gasteiger partial charge in [0.2, 0.25) is 0 Å². The molecular weight excluding hydrogens is 267 g/mol. The van der Waals surface area contributed by atoms with Gasteiger partial charge in [0.15, 0.2) is 0 Å². The summed E-state index contributed by atoms with van der Waals surface area (Å²) in [5.74, 6) is 0. The van der Waals surface area contributed by atoms with E-state index < -0.39 is 0 Å². The first kappa shape index (κ1) is 10.7. The highest BCUT2D eigenvalue weighted by Crippen LogP contribution is 2.15. The minimum absolute atomic E-state index is 0.270. The summed E-state index contributed by atoms with van der Waals surface area (Å²) in [7, 11) is 0. The highest BCUT2D eigenvalue weighted by molar-refractivity contribution is 14.1. The smallest absolute Gasteiger partial charge is 0.0607 e. The zero-order valence-electron chi connectivity index (χ0n) is 7.70. The number of hydrogen-bond acceptors (Lipinski definition) is 3. The number of aliphatic hydroxyl groups is 1. The summed E-state index contributed by atoms with van der Waals surface area (Å²) in [5.41, 5.74) is 0. The van der Waals surface area contributed by atoms with Crippen LogP contribution < -0.4 is 0 Å². The van der Waals surface area contributed by atoms with Crippen LogP contribution in [0.2, 0.25) is 0 Å². The van der Waals surface area contributed by atoms with E-state index in [4.69, 9.17) is 5.11 Å². The molecule has 72 valence electrons. The molecule has 0 amide bonds. The molecular formula is C8H17IN2O. The van der Waals surface area contributed by atoms with Gasteiger partial charge in [-0.25, -0.2) is 3.11 Å². The van der Waals surface area contributed by atoms with Gasteiger partial charge in [-0.3, -0.25) is 4.90 Å². The van der Waals surface area contributed by atoms with Gasteiger partial charge in [-0.1, -0.05) is 0 Å². The average molecular weight is 284 g/mol. The zero-order chi connectivity index (χ0) is 9.14. The van der Waals surface area contributed by atoms with E-state index >= 15 is 0 Å². The Balaban J connectivity index is 2.44. The predicted octanol–water partition coefficient (Wildman–Crippen LogP) is 0.723. The van der Waals surface area contributed by atoms with Crippen molar-refractivity contribution in [3.8, 4) is 0 Å². The molecule has 1 saturated heterocycles. The Kier molecular flexibility index (Phi) is 4.22. The van der Waals surface area contributed by atoms with Crippen LogP contribution in [0.15, 0.2) is 0 Å². The lowest BCUT2D eigenvalue weighted by atomic mass is 10.2. The Bertz CT molecular complexity index is 143. The molecule has 0 aromatic rings. The van der Waals surface area contributed by atoms with Crippen molar-refractivity contribution in [2.45, 2.75) is 25.9 Å². The monoisotopic (exact) mass is 284 g/mol. The summed E-state index contributed by atoms with van der Waals surface area (Å²) in [5, 5.41) is 9.09. The second kappa shape index (κ2) is 4.74. The lowest BCUT2D eigenvalue weighted by Crippen LogP contribution is -2.52. The van der Waals surface area contributed by atoms with Gasteiger partial charge < -0.3 is 5.11 Å². The number of rotatable bonds is 2. The van der Waals surface area contributed by atoms with E-state index in [1.54, 1.807) is 0 Å². The van der Waals surface area contributed by atoms with Gasteiger partial charge >= 0.3 is 0 Å². The molecule has 0 aliphatic carbocycles. The topological polar surface area (TPSA) is 26.7 Å². The third-order valence-electron chi connectivity index (χ3n) is 2.38. The maximum absolute atomic E-state index is 9.09. The Labute approximate surface area is 88.2 Å². The van der Waals surface area contributed by atoms with E-state index in [9.17, 15) is 0 Å². The minimum atomic E-state index is 0.270. The Hall–Kier alpha value is 0.610. The van der Waals surface area contributed by atoms with Crippen LogP contribution in [0.25, 0.3) is 0 Å². The van der Waals surface area contributed by atoms with Crippen LogP contribution in [0.4, 0.5) is 0 Å². The van der Waals surface area contributed by atoms with Gasteiger partial charge in [-0.15, -0.1) is 0 Å².